The summed E-state index contributed by atoms with van der Waals surface area (Å²) in [6.45, 7) is 0.130. The minimum absolute atomic E-state index is 0.0929. The van der Waals surface area contributed by atoms with Crippen LogP contribution in [0.4, 0.5) is 8.78 Å². The number of carbonyl (C=O) groups is 1. The van der Waals surface area contributed by atoms with Gasteiger partial charge in [-0.25, -0.2) is 8.78 Å². The highest BCUT2D eigenvalue weighted by atomic mass is 32.1. The van der Waals surface area contributed by atoms with Gasteiger partial charge in [-0.1, -0.05) is 5.16 Å². The Hall–Kier alpha value is -1.83. The zero-order valence-electron chi connectivity index (χ0n) is 11.7. The van der Waals surface area contributed by atoms with Crippen molar-refractivity contribution >= 4 is 17.2 Å². The average Bonchev–Trinajstić information content (AvgIpc) is 3.16. The Morgan fingerprint density at radius 3 is 2.91 bits per heavy atom. The summed E-state index contributed by atoms with van der Waals surface area (Å²) < 4.78 is 31.3. The topological polar surface area (TPSA) is 68.0 Å². The number of nitrogens with one attached hydrogen (secondary N) is 1. The molecule has 1 aliphatic carbocycles. The van der Waals surface area contributed by atoms with Crippen molar-refractivity contribution < 1.29 is 18.1 Å². The standard InChI is InChI=1S/C14H15F2N3O2S/c15-14(16)4-1-9(2-5-14)12-18-11(21-19-12)7-17-13(20)10-3-6-22-8-10/h3,6,8-9H,1-2,4-5,7H2,(H,17,20). The van der Waals surface area contributed by atoms with E-state index in [0.29, 0.717) is 24.2 Å². The first-order chi connectivity index (χ1) is 10.5. The molecule has 0 atom stereocenters. The van der Waals surface area contributed by atoms with Crippen LogP contribution < -0.4 is 5.32 Å². The van der Waals surface area contributed by atoms with Gasteiger partial charge < -0.3 is 9.84 Å². The molecule has 1 aliphatic rings. The smallest absolute Gasteiger partial charge is 0.252 e. The highest BCUT2D eigenvalue weighted by molar-refractivity contribution is 7.08. The molecule has 0 aromatic carbocycles. The zero-order valence-corrected chi connectivity index (χ0v) is 12.5. The highest BCUT2D eigenvalue weighted by Gasteiger charge is 2.36. The Balaban J connectivity index is 1.54. The third-order valence-electron chi connectivity index (χ3n) is 3.75. The SMILES string of the molecule is O=C(NCc1nc(C2CCC(F)(F)CC2)no1)c1ccsc1. The second-order valence-electron chi connectivity index (χ2n) is 5.37. The maximum atomic E-state index is 13.1. The molecule has 22 heavy (non-hydrogen) atoms. The minimum Gasteiger partial charge on any atom is -0.343 e. The summed E-state index contributed by atoms with van der Waals surface area (Å²) in [6, 6.07) is 1.72. The molecule has 0 spiro atoms. The summed E-state index contributed by atoms with van der Waals surface area (Å²) in [5, 5.41) is 10.1. The van der Waals surface area contributed by atoms with Gasteiger partial charge in [-0.3, -0.25) is 4.79 Å². The van der Waals surface area contributed by atoms with Gasteiger partial charge >= 0.3 is 0 Å². The van der Waals surface area contributed by atoms with Crippen LogP contribution in [0.25, 0.3) is 0 Å². The van der Waals surface area contributed by atoms with Crippen molar-refractivity contribution in [3.8, 4) is 0 Å². The molecule has 118 valence electrons. The third-order valence-corrected chi connectivity index (χ3v) is 4.43. The van der Waals surface area contributed by atoms with Crippen LogP contribution in [0.1, 0.15) is 53.7 Å². The van der Waals surface area contributed by atoms with Gasteiger partial charge in [-0.05, 0) is 24.3 Å². The van der Waals surface area contributed by atoms with Gasteiger partial charge in [0.25, 0.3) is 5.91 Å². The molecule has 0 radical (unpaired) electrons. The number of thiophene rings is 1. The van der Waals surface area contributed by atoms with Crippen molar-refractivity contribution in [3.05, 3.63) is 34.1 Å². The first-order valence-electron chi connectivity index (χ1n) is 7.04. The number of amides is 1. The molecule has 3 rings (SSSR count). The first-order valence-corrected chi connectivity index (χ1v) is 7.98. The Labute approximate surface area is 129 Å². The molecule has 1 saturated carbocycles. The monoisotopic (exact) mass is 327 g/mol. The van der Waals surface area contributed by atoms with Gasteiger partial charge in [0.15, 0.2) is 5.82 Å². The number of carbonyl (C=O) groups excluding carboxylic acids is 1. The average molecular weight is 327 g/mol. The van der Waals surface area contributed by atoms with Gasteiger partial charge in [0, 0.05) is 29.7 Å². The van der Waals surface area contributed by atoms with Crippen molar-refractivity contribution in [2.24, 2.45) is 0 Å². The molecular weight excluding hydrogens is 312 g/mol. The minimum atomic E-state index is -2.57. The van der Waals surface area contributed by atoms with Gasteiger partial charge in [0.2, 0.25) is 11.8 Å². The van der Waals surface area contributed by atoms with Crippen molar-refractivity contribution in [2.45, 2.75) is 44.1 Å². The zero-order chi connectivity index (χ0) is 15.6. The molecular formula is C14H15F2N3O2S. The maximum Gasteiger partial charge on any atom is 0.252 e. The molecule has 1 amide bonds. The number of rotatable bonds is 4. The second kappa shape index (κ2) is 6.12. The molecule has 0 unspecified atom stereocenters. The predicted molar refractivity (Wildman–Crippen MR) is 75.9 cm³/mol. The lowest BCUT2D eigenvalue weighted by Crippen LogP contribution is -2.24. The summed E-state index contributed by atoms with van der Waals surface area (Å²) in [4.78, 5) is 16.0. The van der Waals surface area contributed by atoms with E-state index in [4.69, 9.17) is 4.52 Å². The van der Waals surface area contributed by atoms with Gasteiger partial charge in [-0.15, -0.1) is 0 Å². The number of halogens is 2. The van der Waals surface area contributed by atoms with Gasteiger partial charge in [0.05, 0.1) is 6.54 Å². The van der Waals surface area contributed by atoms with Crippen LogP contribution in [-0.4, -0.2) is 22.0 Å². The Bertz CT molecular complexity index is 632. The van der Waals surface area contributed by atoms with Crippen LogP contribution in [0.3, 0.4) is 0 Å². The molecule has 0 bridgehead atoms. The van der Waals surface area contributed by atoms with Crippen LogP contribution >= 0.6 is 11.3 Å². The normalized spacial score (nSPS) is 18.3. The molecule has 2 heterocycles. The molecule has 1 N–H and O–H groups in total. The molecule has 2 aromatic heterocycles. The van der Waals surface area contributed by atoms with E-state index in [-0.39, 0.29) is 37.1 Å². The summed E-state index contributed by atoms with van der Waals surface area (Å²) in [5.74, 6) is -2.13. The van der Waals surface area contributed by atoms with Crippen molar-refractivity contribution in [2.75, 3.05) is 0 Å². The van der Waals surface area contributed by atoms with E-state index in [1.165, 1.54) is 11.3 Å². The number of hydrogen-bond acceptors (Lipinski definition) is 5. The fourth-order valence-electron chi connectivity index (χ4n) is 2.46. The van der Waals surface area contributed by atoms with E-state index in [0.717, 1.165) is 0 Å². The summed E-state index contributed by atoms with van der Waals surface area (Å²) in [5.41, 5.74) is 0.583. The van der Waals surface area contributed by atoms with Gasteiger partial charge in [0.1, 0.15) is 0 Å². The van der Waals surface area contributed by atoms with Gasteiger partial charge in [-0.2, -0.15) is 16.3 Å². The van der Waals surface area contributed by atoms with E-state index in [1.807, 2.05) is 5.38 Å². The maximum absolute atomic E-state index is 13.1. The molecule has 2 aromatic rings. The molecule has 0 saturated heterocycles. The number of nitrogens with zero attached hydrogens (tertiary/aromatic N) is 2. The third kappa shape index (κ3) is 3.49. The first kappa shape index (κ1) is 15.1. The van der Waals surface area contributed by atoms with E-state index < -0.39 is 5.92 Å². The predicted octanol–water partition coefficient (Wildman–Crippen LogP) is 3.35. The largest absolute Gasteiger partial charge is 0.343 e. The molecule has 5 nitrogen and oxygen atoms in total. The lowest BCUT2D eigenvalue weighted by atomic mass is 9.86. The lowest BCUT2D eigenvalue weighted by molar-refractivity contribution is -0.0389. The van der Waals surface area contributed by atoms with Crippen molar-refractivity contribution in [1.82, 2.24) is 15.5 Å². The highest BCUT2D eigenvalue weighted by Crippen LogP contribution is 2.39. The van der Waals surface area contributed by atoms with Crippen LogP contribution in [-0.2, 0) is 6.54 Å². The quantitative estimate of drug-likeness (QED) is 0.935. The number of alkyl halides is 2. The summed E-state index contributed by atoms with van der Waals surface area (Å²) in [7, 11) is 0. The van der Waals surface area contributed by atoms with E-state index >= 15 is 0 Å². The number of hydrogen-bond donors (Lipinski definition) is 1. The number of aromatic nitrogens is 2. The van der Waals surface area contributed by atoms with E-state index in [1.54, 1.807) is 11.4 Å². The van der Waals surface area contributed by atoms with E-state index in [9.17, 15) is 13.6 Å². The van der Waals surface area contributed by atoms with Crippen LogP contribution in [0.5, 0.6) is 0 Å². The lowest BCUT2D eigenvalue weighted by Gasteiger charge is -2.26. The molecule has 0 aliphatic heterocycles. The van der Waals surface area contributed by atoms with Crippen LogP contribution in [0.2, 0.25) is 0 Å². The Kier molecular flexibility index (Phi) is 4.19. The van der Waals surface area contributed by atoms with E-state index in [2.05, 4.69) is 15.5 Å². The second-order valence-corrected chi connectivity index (χ2v) is 6.15. The fraction of sp³-hybridized carbons (Fsp3) is 0.500. The van der Waals surface area contributed by atoms with Crippen LogP contribution in [0.15, 0.2) is 21.3 Å². The summed E-state index contributed by atoms with van der Waals surface area (Å²) >= 11 is 1.44. The Morgan fingerprint density at radius 1 is 1.45 bits per heavy atom. The fourth-order valence-corrected chi connectivity index (χ4v) is 3.09. The molecule has 1 fully saturated rings. The summed E-state index contributed by atoms with van der Waals surface area (Å²) in [6.07, 6.45) is 0.424. The molecule has 8 heteroatoms. The Morgan fingerprint density at radius 2 is 2.23 bits per heavy atom. The van der Waals surface area contributed by atoms with Crippen molar-refractivity contribution in [3.63, 3.8) is 0 Å². The van der Waals surface area contributed by atoms with Crippen molar-refractivity contribution in [1.29, 1.82) is 0 Å². The van der Waals surface area contributed by atoms with Crippen LogP contribution in [0, 0.1) is 0 Å².